The largest absolute Gasteiger partial charge is 0.434 e. The topological polar surface area (TPSA) is 45.2 Å². The van der Waals surface area contributed by atoms with Crippen LogP contribution in [0.15, 0.2) is 5.38 Å². The van der Waals surface area contributed by atoms with Gasteiger partial charge in [0.15, 0.2) is 5.69 Å². The highest BCUT2D eigenvalue weighted by Crippen LogP contribution is 2.35. The molecule has 0 spiro atoms. The van der Waals surface area contributed by atoms with E-state index < -0.39 is 42.7 Å². The second-order valence-corrected chi connectivity index (χ2v) is 7.08. The highest BCUT2D eigenvalue weighted by atomic mass is 35.5. The van der Waals surface area contributed by atoms with Gasteiger partial charge < -0.3 is 4.90 Å². The molecule has 0 radical (unpaired) electrons. The molecule has 1 amide bonds. The van der Waals surface area contributed by atoms with Gasteiger partial charge in [-0.2, -0.15) is 13.2 Å². The quantitative estimate of drug-likeness (QED) is 0.768. The zero-order valence-electron chi connectivity index (χ0n) is 13.0. The summed E-state index contributed by atoms with van der Waals surface area (Å²) in [5, 5.41) is 3.82. The summed E-state index contributed by atoms with van der Waals surface area (Å²) in [6, 6.07) is -0.930. The first-order chi connectivity index (χ1) is 11.2. The average Bonchev–Trinajstić information content (AvgIpc) is 3.13. The van der Waals surface area contributed by atoms with E-state index in [1.54, 1.807) is 0 Å². The van der Waals surface area contributed by atoms with Crippen LogP contribution in [0, 0.1) is 0 Å². The molecule has 142 valence electrons. The van der Waals surface area contributed by atoms with Gasteiger partial charge in [-0.1, -0.05) is 0 Å². The summed E-state index contributed by atoms with van der Waals surface area (Å²) in [5.41, 5.74) is -0.928. The molecule has 2 aliphatic heterocycles. The molecule has 0 saturated carbocycles. The SMILES string of the molecule is Cl.O=C(C1CC(F)(F)CN1)N1CCCC(c2nc(C(F)(F)F)cs2)C1. The van der Waals surface area contributed by atoms with E-state index in [0.29, 0.717) is 24.4 Å². The number of alkyl halides is 5. The van der Waals surface area contributed by atoms with E-state index in [4.69, 9.17) is 0 Å². The summed E-state index contributed by atoms with van der Waals surface area (Å²) in [6.07, 6.45) is -3.79. The van der Waals surface area contributed by atoms with Crippen molar-refractivity contribution >= 4 is 29.7 Å². The van der Waals surface area contributed by atoms with Crippen LogP contribution in [0.4, 0.5) is 22.0 Å². The van der Waals surface area contributed by atoms with Crippen LogP contribution in [0.2, 0.25) is 0 Å². The lowest BCUT2D eigenvalue weighted by Gasteiger charge is -2.33. The maximum absolute atomic E-state index is 13.2. The first-order valence-corrected chi connectivity index (χ1v) is 8.46. The van der Waals surface area contributed by atoms with Crippen LogP contribution in [0.5, 0.6) is 0 Å². The van der Waals surface area contributed by atoms with Crippen LogP contribution in [-0.2, 0) is 11.0 Å². The van der Waals surface area contributed by atoms with E-state index in [1.165, 1.54) is 4.90 Å². The Morgan fingerprint density at radius 3 is 2.68 bits per heavy atom. The first kappa shape index (κ1) is 20.3. The number of nitrogens with one attached hydrogen (secondary N) is 1. The Balaban J connectivity index is 0.00000225. The Bertz CT molecular complexity index is 624. The fraction of sp³-hybridized carbons (Fsp3) is 0.714. The minimum absolute atomic E-state index is 0. The molecule has 0 aliphatic carbocycles. The summed E-state index contributed by atoms with van der Waals surface area (Å²) >= 11 is 0.924. The standard InChI is InChI=1S/C14H16F5N3OS.ClH/c15-13(16)4-9(20-7-13)12(23)22-3-1-2-8(5-22)11-21-10(6-24-11)14(17,18)19;/h6,8-9,20H,1-5,7H2;1H. The molecule has 1 N–H and O–H groups in total. The zero-order valence-corrected chi connectivity index (χ0v) is 14.6. The number of halogens is 6. The second kappa shape index (κ2) is 7.32. The molecule has 2 atom stereocenters. The predicted molar refractivity (Wildman–Crippen MR) is 84.3 cm³/mol. The number of rotatable bonds is 2. The smallest absolute Gasteiger partial charge is 0.341 e. The molecule has 0 aromatic carbocycles. The molecule has 3 rings (SSSR count). The lowest BCUT2D eigenvalue weighted by molar-refractivity contribution is -0.141. The van der Waals surface area contributed by atoms with Crippen molar-refractivity contribution < 1.29 is 26.7 Å². The van der Waals surface area contributed by atoms with Gasteiger partial charge in [0.05, 0.1) is 17.6 Å². The van der Waals surface area contributed by atoms with Crippen LogP contribution in [0.1, 0.15) is 35.9 Å². The van der Waals surface area contributed by atoms with Gasteiger partial charge in [-0.25, -0.2) is 13.8 Å². The fourth-order valence-corrected chi connectivity index (χ4v) is 4.05. The van der Waals surface area contributed by atoms with Crippen molar-refractivity contribution in [1.82, 2.24) is 15.2 Å². The van der Waals surface area contributed by atoms with Gasteiger partial charge >= 0.3 is 6.18 Å². The van der Waals surface area contributed by atoms with Gasteiger partial charge in [0.2, 0.25) is 5.91 Å². The first-order valence-electron chi connectivity index (χ1n) is 7.58. The number of carbonyl (C=O) groups excluding carboxylic acids is 1. The molecule has 0 bridgehead atoms. The third-order valence-corrected chi connectivity index (χ3v) is 5.31. The van der Waals surface area contributed by atoms with E-state index in [9.17, 15) is 26.7 Å². The summed E-state index contributed by atoms with van der Waals surface area (Å²) in [7, 11) is 0. The minimum atomic E-state index is -4.49. The van der Waals surface area contributed by atoms with Crippen LogP contribution in [0.25, 0.3) is 0 Å². The predicted octanol–water partition coefficient (Wildman–Crippen LogP) is 3.29. The van der Waals surface area contributed by atoms with Gasteiger partial charge in [0.25, 0.3) is 5.92 Å². The molecular weight excluding hydrogens is 389 g/mol. The molecule has 3 heterocycles. The molecule has 11 heteroatoms. The molecule has 1 aromatic rings. The van der Waals surface area contributed by atoms with Crippen LogP contribution in [-0.4, -0.2) is 47.4 Å². The van der Waals surface area contributed by atoms with Crippen molar-refractivity contribution in [2.45, 2.75) is 43.3 Å². The summed E-state index contributed by atoms with van der Waals surface area (Å²) < 4.78 is 64.4. The molecule has 2 unspecified atom stereocenters. The Labute approximate surface area is 151 Å². The lowest BCUT2D eigenvalue weighted by atomic mass is 9.98. The number of carbonyl (C=O) groups is 1. The van der Waals surface area contributed by atoms with E-state index in [0.717, 1.165) is 16.7 Å². The van der Waals surface area contributed by atoms with Gasteiger partial charge in [0, 0.05) is 30.8 Å². The van der Waals surface area contributed by atoms with Gasteiger partial charge in [-0.15, -0.1) is 23.7 Å². The molecule has 1 aromatic heterocycles. The van der Waals surface area contributed by atoms with E-state index in [2.05, 4.69) is 10.3 Å². The number of amides is 1. The van der Waals surface area contributed by atoms with Crippen molar-refractivity contribution in [2.24, 2.45) is 0 Å². The number of hydrogen-bond donors (Lipinski definition) is 1. The van der Waals surface area contributed by atoms with Crippen LogP contribution >= 0.6 is 23.7 Å². The molecule has 2 fully saturated rings. The highest BCUT2D eigenvalue weighted by Gasteiger charge is 2.44. The molecular formula is C14H17ClF5N3OS. The highest BCUT2D eigenvalue weighted by molar-refractivity contribution is 7.09. The number of piperidine rings is 1. The Hall–Kier alpha value is -1.00. The number of thiazole rings is 1. The van der Waals surface area contributed by atoms with Crippen molar-refractivity contribution in [3.05, 3.63) is 16.1 Å². The third kappa shape index (κ3) is 4.59. The molecule has 2 aliphatic rings. The van der Waals surface area contributed by atoms with Gasteiger partial charge in [-0.3, -0.25) is 10.1 Å². The maximum Gasteiger partial charge on any atom is 0.434 e. The monoisotopic (exact) mass is 405 g/mol. The van der Waals surface area contributed by atoms with Crippen molar-refractivity contribution in [3.63, 3.8) is 0 Å². The molecule has 4 nitrogen and oxygen atoms in total. The Morgan fingerprint density at radius 2 is 2.12 bits per heavy atom. The van der Waals surface area contributed by atoms with Gasteiger partial charge in [-0.05, 0) is 12.8 Å². The van der Waals surface area contributed by atoms with E-state index >= 15 is 0 Å². The fourth-order valence-electron chi connectivity index (χ4n) is 3.09. The van der Waals surface area contributed by atoms with Crippen molar-refractivity contribution in [3.8, 4) is 0 Å². The van der Waals surface area contributed by atoms with Crippen molar-refractivity contribution in [2.75, 3.05) is 19.6 Å². The van der Waals surface area contributed by atoms with Gasteiger partial charge in [0.1, 0.15) is 0 Å². The third-order valence-electron chi connectivity index (χ3n) is 4.30. The Morgan fingerprint density at radius 1 is 1.40 bits per heavy atom. The van der Waals surface area contributed by atoms with E-state index in [1.807, 2.05) is 0 Å². The maximum atomic E-state index is 13.2. The van der Waals surface area contributed by atoms with Crippen LogP contribution < -0.4 is 5.32 Å². The second-order valence-electron chi connectivity index (χ2n) is 6.19. The van der Waals surface area contributed by atoms with Crippen LogP contribution in [0.3, 0.4) is 0 Å². The normalized spacial score (nSPS) is 26.4. The van der Waals surface area contributed by atoms with E-state index in [-0.39, 0.29) is 24.9 Å². The number of nitrogens with zero attached hydrogens (tertiary/aromatic N) is 2. The molecule has 25 heavy (non-hydrogen) atoms. The number of hydrogen-bond acceptors (Lipinski definition) is 4. The zero-order chi connectivity index (χ0) is 17.5. The lowest BCUT2D eigenvalue weighted by Crippen LogP contribution is -2.47. The average molecular weight is 406 g/mol. The summed E-state index contributed by atoms with van der Waals surface area (Å²) in [4.78, 5) is 17.5. The molecule has 2 saturated heterocycles. The van der Waals surface area contributed by atoms with Crippen molar-refractivity contribution in [1.29, 1.82) is 0 Å². The summed E-state index contributed by atoms with van der Waals surface area (Å²) in [5.74, 6) is -3.60. The summed E-state index contributed by atoms with van der Waals surface area (Å²) in [6.45, 7) is 0.117. The Kier molecular flexibility index (Phi) is 5.95. The number of aromatic nitrogens is 1. The minimum Gasteiger partial charge on any atom is -0.341 e. The number of likely N-dealkylation sites (tertiary alicyclic amines) is 1.